The number of rotatable bonds is 0. The predicted molar refractivity (Wildman–Crippen MR) is 89.5 cm³/mol. The zero-order valence-corrected chi connectivity index (χ0v) is 15.6. The molecule has 3 saturated carbocycles. The molecular formula is C20H26F4O3. The molecule has 3 nitrogen and oxygen atoms in total. The monoisotopic (exact) mass is 390 g/mol. The van der Waals surface area contributed by atoms with Gasteiger partial charge in [-0.05, 0) is 50.5 Å². The van der Waals surface area contributed by atoms with Gasteiger partial charge >= 0.3 is 6.18 Å². The Hall–Kier alpha value is -0.950. The van der Waals surface area contributed by atoms with E-state index in [2.05, 4.69) is 0 Å². The second kappa shape index (κ2) is 5.35. The third kappa shape index (κ3) is 2.08. The summed E-state index contributed by atoms with van der Waals surface area (Å²) in [6, 6.07) is 0. The highest BCUT2D eigenvalue weighted by molar-refractivity contribution is 5.91. The van der Waals surface area contributed by atoms with E-state index in [-0.39, 0.29) is 31.5 Å². The number of ketones is 1. The summed E-state index contributed by atoms with van der Waals surface area (Å²) in [5.74, 6) is -1.49. The van der Waals surface area contributed by atoms with Crippen LogP contribution < -0.4 is 0 Å². The summed E-state index contributed by atoms with van der Waals surface area (Å²) in [4.78, 5) is 11.8. The topological polar surface area (TPSA) is 57.5 Å². The Labute approximate surface area is 155 Å². The zero-order chi connectivity index (χ0) is 20.0. The molecule has 0 heterocycles. The van der Waals surface area contributed by atoms with Gasteiger partial charge in [-0.25, -0.2) is 4.39 Å². The highest BCUT2D eigenvalue weighted by Crippen LogP contribution is 2.71. The molecule has 4 aliphatic rings. The van der Waals surface area contributed by atoms with Crippen LogP contribution in [0.3, 0.4) is 0 Å². The second-order valence-corrected chi connectivity index (χ2v) is 9.52. The molecule has 4 rings (SSSR count). The molecule has 152 valence electrons. The number of carbonyl (C=O) groups excluding carboxylic acids is 1. The fourth-order valence-corrected chi connectivity index (χ4v) is 7.04. The molecule has 0 aromatic heterocycles. The van der Waals surface area contributed by atoms with Crippen LogP contribution in [0.5, 0.6) is 0 Å². The highest BCUT2D eigenvalue weighted by Gasteiger charge is 2.77. The van der Waals surface area contributed by atoms with Crippen molar-refractivity contribution in [1.82, 2.24) is 0 Å². The summed E-state index contributed by atoms with van der Waals surface area (Å²) in [7, 11) is 0. The fraction of sp³-hybridized carbons (Fsp3) is 0.850. The molecular weight excluding hydrogens is 364 g/mol. The van der Waals surface area contributed by atoms with Crippen LogP contribution in [0.4, 0.5) is 17.6 Å². The number of halogens is 4. The first-order valence-corrected chi connectivity index (χ1v) is 9.71. The largest absolute Gasteiger partial charge is 0.417 e. The number of hydrogen-bond donors (Lipinski definition) is 2. The fourth-order valence-electron chi connectivity index (χ4n) is 7.04. The quantitative estimate of drug-likeness (QED) is 0.618. The van der Waals surface area contributed by atoms with Crippen molar-refractivity contribution in [2.45, 2.75) is 82.3 Å². The predicted octanol–water partition coefficient (Wildman–Crippen LogP) is 3.87. The van der Waals surface area contributed by atoms with Crippen LogP contribution in [0.25, 0.3) is 0 Å². The minimum absolute atomic E-state index is 0.0630. The van der Waals surface area contributed by atoms with Crippen molar-refractivity contribution in [3.63, 3.8) is 0 Å². The summed E-state index contributed by atoms with van der Waals surface area (Å²) < 4.78 is 57.8. The van der Waals surface area contributed by atoms with Crippen molar-refractivity contribution in [3.05, 3.63) is 11.6 Å². The molecule has 0 amide bonds. The van der Waals surface area contributed by atoms with Gasteiger partial charge in [-0.3, -0.25) is 4.79 Å². The van der Waals surface area contributed by atoms with Gasteiger partial charge in [0.25, 0.3) is 0 Å². The van der Waals surface area contributed by atoms with Crippen LogP contribution in [-0.2, 0) is 4.79 Å². The standard InChI is InChI=1S/C20H26F4O3/c1-16-7-5-12(25)9-11(16)3-4-14-13-6-8-18(27,20(22,23)24)17(13,2)10-15(26)19(14,16)21/h9,13-15,26-27H,3-8,10H2,1-2H3/t13-,14-,15?,16-,17-,18?,19+/m0/s1. The summed E-state index contributed by atoms with van der Waals surface area (Å²) in [5, 5.41) is 21.5. The lowest BCUT2D eigenvalue weighted by Crippen LogP contribution is -2.70. The van der Waals surface area contributed by atoms with E-state index in [0.717, 1.165) is 0 Å². The molecule has 0 aliphatic heterocycles. The first-order valence-electron chi connectivity index (χ1n) is 9.71. The van der Waals surface area contributed by atoms with Crippen LogP contribution in [0.2, 0.25) is 0 Å². The Kier molecular flexibility index (Phi) is 3.84. The molecule has 7 atom stereocenters. The molecule has 7 heteroatoms. The average molecular weight is 390 g/mol. The van der Waals surface area contributed by atoms with E-state index in [4.69, 9.17) is 0 Å². The van der Waals surface area contributed by atoms with Crippen molar-refractivity contribution >= 4 is 5.78 Å². The molecule has 0 aromatic rings. The number of carbonyl (C=O) groups is 1. The average Bonchev–Trinajstić information content (AvgIpc) is 2.82. The van der Waals surface area contributed by atoms with Gasteiger partial charge in [-0.15, -0.1) is 0 Å². The maximum Gasteiger partial charge on any atom is 0.417 e. The number of allylic oxidation sites excluding steroid dienone is 1. The molecule has 27 heavy (non-hydrogen) atoms. The molecule has 0 spiro atoms. The van der Waals surface area contributed by atoms with E-state index in [1.807, 2.05) is 0 Å². The molecule has 0 aromatic carbocycles. The van der Waals surface area contributed by atoms with Crippen LogP contribution in [0.1, 0.15) is 58.8 Å². The normalized spacial score (nSPS) is 52.7. The minimum Gasteiger partial charge on any atom is -0.390 e. The zero-order valence-electron chi connectivity index (χ0n) is 15.6. The summed E-state index contributed by atoms with van der Waals surface area (Å²) in [6.07, 6.45) is -4.60. The van der Waals surface area contributed by atoms with Crippen molar-refractivity contribution < 1.29 is 32.6 Å². The number of aliphatic hydroxyl groups is 2. The Balaban J connectivity index is 1.81. The minimum atomic E-state index is -4.83. The smallest absolute Gasteiger partial charge is 0.390 e. The lowest BCUT2D eigenvalue weighted by Gasteiger charge is -2.63. The maximum absolute atomic E-state index is 16.6. The Morgan fingerprint density at radius 3 is 2.41 bits per heavy atom. The number of hydrogen-bond acceptors (Lipinski definition) is 3. The first-order chi connectivity index (χ1) is 12.3. The van der Waals surface area contributed by atoms with Crippen molar-refractivity contribution in [2.75, 3.05) is 0 Å². The van der Waals surface area contributed by atoms with Gasteiger partial charge in [0.15, 0.2) is 11.4 Å². The van der Waals surface area contributed by atoms with Gasteiger partial charge in [-0.1, -0.05) is 19.4 Å². The van der Waals surface area contributed by atoms with Gasteiger partial charge in [0.2, 0.25) is 0 Å². The maximum atomic E-state index is 16.6. The van der Waals surface area contributed by atoms with Crippen LogP contribution in [0.15, 0.2) is 11.6 Å². The molecule has 0 radical (unpaired) electrons. The van der Waals surface area contributed by atoms with Gasteiger partial charge < -0.3 is 10.2 Å². The van der Waals surface area contributed by atoms with Crippen molar-refractivity contribution in [3.8, 4) is 0 Å². The second-order valence-electron chi connectivity index (χ2n) is 9.52. The number of alkyl halides is 4. The molecule has 0 bridgehead atoms. The van der Waals surface area contributed by atoms with E-state index < -0.39 is 59.1 Å². The molecule has 0 saturated heterocycles. The molecule has 2 N–H and O–H groups in total. The summed E-state index contributed by atoms with van der Waals surface area (Å²) in [6.45, 7) is 3.06. The number of fused-ring (bicyclic) bond motifs is 5. The highest BCUT2D eigenvalue weighted by atomic mass is 19.4. The van der Waals surface area contributed by atoms with Gasteiger partial charge in [0.05, 0.1) is 6.10 Å². The van der Waals surface area contributed by atoms with Crippen molar-refractivity contribution in [2.24, 2.45) is 22.7 Å². The third-order valence-corrected chi connectivity index (χ3v) is 8.66. The van der Waals surface area contributed by atoms with Crippen LogP contribution >= 0.6 is 0 Å². The molecule has 2 unspecified atom stereocenters. The van der Waals surface area contributed by atoms with Crippen LogP contribution in [-0.4, -0.2) is 39.5 Å². The Morgan fingerprint density at radius 2 is 1.78 bits per heavy atom. The van der Waals surface area contributed by atoms with E-state index in [0.29, 0.717) is 12.0 Å². The lowest BCUT2D eigenvalue weighted by molar-refractivity contribution is -0.316. The summed E-state index contributed by atoms with van der Waals surface area (Å²) in [5.41, 5.74) is -6.99. The molecule has 4 aliphatic carbocycles. The van der Waals surface area contributed by atoms with E-state index in [1.165, 1.54) is 13.0 Å². The van der Waals surface area contributed by atoms with Crippen molar-refractivity contribution in [1.29, 1.82) is 0 Å². The molecule has 3 fully saturated rings. The summed E-state index contributed by atoms with van der Waals surface area (Å²) >= 11 is 0. The Morgan fingerprint density at radius 1 is 1.11 bits per heavy atom. The number of aliphatic hydroxyl groups excluding tert-OH is 1. The van der Waals surface area contributed by atoms with E-state index >= 15 is 4.39 Å². The van der Waals surface area contributed by atoms with Gasteiger partial charge in [0, 0.05) is 23.2 Å². The SMILES string of the molecule is C[C@]12CC(O)[C@]3(F)[C@@H](CCC4=CC(=O)CC[C@@]43C)[C@@H]1CCC2(O)C(F)(F)F. The third-order valence-electron chi connectivity index (χ3n) is 8.66. The lowest BCUT2D eigenvalue weighted by atomic mass is 9.44. The van der Waals surface area contributed by atoms with E-state index in [9.17, 15) is 28.2 Å². The van der Waals surface area contributed by atoms with Gasteiger partial charge in [0.1, 0.15) is 5.67 Å². The Bertz CT molecular complexity index is 719. The van der Waals surface area contributed by atoms with Crippen LogP contribution in [0, 0.1) is 22.7 Å². The first kappa shape index (κ1) is 19.4. The van der Waals surface area contributed by atoms with E-state index in [1.54, 1.807) is 6.92 Å². The van der Waals surface area contributed by atoms with Gasteiger partial charge in [-0.2, -0.15) is 13.2 Å².